The number of amides is 1. The highest BCUT2D eigenvalue weighted by atomic mass is 32.1. The summed E-state index contributed by atoms with van der Waals surface area (Å²) in [6.45, 7) is 0. The number of piperidine rings is 1. The van der Waals surface area contributed by atoms with Crippen molar-refractivity contribution in [2.45, 2.75) is 18.9 Å². The molecule has 0 aliphatic carbocycles. The van der Waals surface area contributed by atoms with Gasteiger partial charge in [0.2, 0.25) is 5.91 Å². The molecule has 68 valence electrons. The highest BCUT2D eigenvalue weighted by Gasteiger charge is 2.25. The molecule has 0 aromatic carbocycles. The molecule has 1 aromatic rings. The number of hydrogen-bond acceptors (Lipinski definition) is 3. The number of hydrogen-bond donors (Lipinski definition) is 1. The molecular formula is C9H9NO2S. The maximum absolute atomic E-state index is 11.1. The van der Waals surface area contributed by atoms with Crippen molar-refractivity contribution in [1.82, 2.24) is 5.32 Å². The fourth-order valence-electron chi connectivity index (χ4n) is 1.44. The average Bonchev–Trinajstić information content (AvgIpc) is 2.53. The van der Waals surface area contributed by atoms with E-state index in [0.717, 1.165) is 4.88 Å². The van der Waals surface area contributed by atoms with E-state index in [9.17, 15) is 9.59 Å². The molecule has 0 radical (unpaired) electrons. The van der Waals surface area contributed by atoms with Crippen molar-refractivity contribution < 1.29 is 9.59 Å². The molecule has 13 heavy (non-hydrogen) atoms. The van der Waals surface area contributed by atoms with Crippen molar-refractivity contribution in [3.05, 3.63) is 22.4 Å². The topological polar surface area (TPSA) is 46.2 Å². The first-order chi connectivity index (χ1) is 6.25. The van der Waals surface area contributed by atoms with Crippen LogP contribution in [-0.4, -0.2) is 11.7 Å². The third kappa shape index (κ3) is 1.78. The number of nitrogens with one attached hydrogen (secondary N) is 1. The van der Waals surface area contributed by atoms with Gasteiger partial charge in [0.25, 0.3) is 0 Å². The Balaban J connectivity index is 2.16. The Morgan fingerprint density at radius 1 is 1.46 bits per heavy atom. The molecule has 0 spiro atoms. The summed E-state index contributed by atoms with van der Waals surface area (Å²) in [5.41, 5.74) is 0. The van der Waals surface area contributed by atoms with E-state index in [2.05, 4.69) is 5.32 Å². The minimum atomic E-state index is -0.158. The monoisotopic (exact) mass is 195 g/mol. The molecule has 1 N–H and O–H groups in total. The van der Waals surface area contributed by atoms with Gasteiger partial charge in [0.1, 0.15) is 5.78 Å². The van der Waals surface area contributed by atoms with Crippen molar-refractivity contribution >= 4 is 23.0 Å². The minimum absolute atomic E-state index is 0.0298. The van der Waals surface area contributed by atoms with E-state index >= 15 is 0 Å². The zero-order valence-corrected chi connectivity index (χ0v) is 7.76. The highest BCUT2D eigenvalue weighted by Crippen LogP contribution is 2.25. The average molecular weight is 195 g/mol. The van der Waals surface area contributed by atoms with Gasteiger partial charge in [-0.05, 0) is 11.4 Å². The Kier molecular flexibility index (Phi) is 2.14. The Morgan fingerprint density at radius 2 is 2.31 bits per heavy atom. The molecule has 2 heterocycles. The van der Waals surface area contributed by atoms with Gasteiger partial charge in [-0.25, -0.2) is 0 Å². The van der Waals surface area contributed by atoms with E-state index in [1.807, 2.05) is 17.5 Å². The normalized spacial score (nSPS) is 22.9. The van der Waals surface area contributed by atoms with Crippen molar-refractivity contribution in [3.63, 3.8) is 0 Å². The predicted molar refractivity (Wildman–Crippen MR) is 49.4 cm³/mol. The molecule has 1 atom stereocenters. The second-order valence-corrected chi connectivity index (χ2v) is 4.03. The second-order valence-electron chi connectivity index (χ2n) is 3.06. The lowest BCUT2D eigenvalue weighted by Gasteiger charge is -2.20. The van der Waals surface area contributed by atoms with Crippen LogP contribution < -0.4 is 5.32 Å². The lowest BCUT2D eigenvalue weighted by Crippen LogP contribution is -2.36. The molecule has 4 heteroatoms. The van der Waals surface area contributed by atoms with Crippen LogP contribution in [-0.2, 0) is 9.59 Å². The smallest absolute Gasteiger partial charge is 0.227 e. The van der Waals surface area contributed by atoms with E-state index in [-0.39, 0.29) is 24.2 Å². The summed E-state index contributed by atoms with van der Waals surface area (Å²) in [6.07, 6.45) is 0.480. The fraction of sp³-hybridized carbons (Fsp3) is 0.333. The van der Waals surface area contributed by atoms with Gasteiger partial charge in [0.15, 0.2) is 0 Å². The first kappa shape index (κ1) is 8.44. The third-order valence-electron chi connectivity index (χ3n) is 2.01. The van der Waals surface area contributed by atoms with E-state index in [1.54, 1.807) is 11.3 Å². The lowest BCUT2D eigenvalue weighted by atomic mass is 10.0. The van der Waals surface area contributed by atoms with Crippen LogP contribution in [0.1, 0.15) is 23.8 Å². The molecule has 2 rings (SSSR count). The zero-order valence-electron chi connectivity index (χ0n) is 6.95. The number of carbonyl (C=O) groups excluding carboxylic acids is 2. The third-order valence-corrected chi connectivity index (χ3v) is 3.00. The van der Waals surface area contributed by atoms with Crippen LogP contribution in [0, 0.1) is 0 Å². The molecule has 0 saturated carbocycles. The predicted octanol–water partition coefficient (Wildman–Crippen LogP) is 1.27. The highest BCUT2D eigenvalue weighted by molar-refractivity contribution is 7.10. The van der Waals surface area contributed by atoms with Crippen LogP contribution in [0.25, 0.3) is 0 Å². The van der Waals surface area contributed by atoms with E-state index < -0.39 is 0 Å². The van der Waals surface area contributed by atoms with E-state index in [4.69, 9.17) is 0 Å². The van der Waals surface area contributed by atoms with Crippen LogP contribution in [0.15, 0.2) is 17.5 Å². The molecule has 1 fully saturated rings. The molecule has 1 aliphatic rings. The van der Waals surface area contributed by atoms with Gasteiger partial charge in [-0.2, -0.15) is 0 Å². The maximum atomic E-state index is 11.1. The van der Waals surface area contributed by atoms with Crippen LogP contribution in [0.2, 0.25) is 0 Å². The van der Waals surface area contributed by atoms with Gasteiger partial charge in [-0.3, -0.25) is 9.59 Å². The van der Waals surface area contributed by atoms with Crippen molar-refractivity contribution in [2.75, 3.05) is 0 Å². The molecular weight excluding hydrogens is 186 g/mol. The number of ketones is 1. The summed E-state index contributed by atoms with van der Waals surface area (Å²) in [4.78, 5) is 23.2. The minimum Gasteiger partial charge on any atom is -0.348 e. The second kappa shape index (κ2) is 3.30. The van der Waals surface area contributed by atoms with Gasteiger partial charge < -0.3 is 5.32 Å². The van der Waals surface area contributed by atoms with Gasteiger partial charge >= 0.3 is 0 Å². The molecule has 1 unspecified atom stereocenters. The Hall–Kier alpha value is -1.16. The number of thiophene rings is 1. The van der Waals surface area contributed by atoms with Gasteiger partial charge in [-0.15, -0.1) is 11.3 Å². The van der Waals surface area contributed by atoms with E-state index in [1.165, 1.54) is 0 Å². The van der Waals surface area contributed by atoms with Gasteiger partial charge in [0, 0.05) is 11.3 Å². The van der Waals surface area contributed by atoms with Crippen LogP contribution in [0.5, 0.6) is 0 Å². The van der Waals surface area contributed by atoms with Crippen LogP contribution >= 0.6 is 11.3 Å². The summed E-state index contributed by atoms with van der Waals surface area (Å²) in [6, 6.07) is 3.77. The largest absolute Gasteiger partial charge is 0.348 e. The summed E-state index contributed by atoms with van der Waals surface area (Å²) >= 11 is 1.57. The molecule has 1 amide bonds. The quantitative estimate of drug-likeness (QED) is 0.686. The molecule has 0 bridgehead atoms. The molecule has 1 aromatic heterocycles. The summed E-state index contributed by atoms with van der Waals surface area (Å²) in [7, 11) is 0. The van der Waals surface area contributed by atoms with Crippen molar-refractivity contribution in [3.8, 4) is 0 Å². The lowest BCUT2D eigenvalue weighted by molar-refractivity contribution is -0.132. The van der Waals surface area contributed by atoms with Crippen LogP contribution in [0.3, 0.4) is 0 Å². The Labute approximate surface area is 79.8 Å². The summed E-state index contributed by atoms with van der Waals surface area (Å²) in [5, 5.41) is 4.74. The van der Waals surface area contributed by atoms with Gasteiger partial charge in [-0.1, -0.05) is 6.07 Å². The number of Topliss-reactive ketones (excluding diaryl/α,β-unsaturated/α-hetero) is 1. The van der Waals surface area contributed by atoms with Gasteiger partial charge in [0.05, 0.1) is 12.5 Å². The molecule has 1 saturated heterocycles. The van der Waals surface area contributed by atoms with Crippen molar-refractivity contribution in [2.24, 2.45) is 0 Å². The Morgan fingerprint density at radius 3 is 2.92 bits per heavy atom. The zero-order chi connectivity index (χ0) is 9.26. The number of rotatable bonds is 1. The van der Waals surface area contributed by atoms with E-state index in [0.29, 0.717) is 6.42 Å². The standard InChI is InChI=1S/C9H9NO2S/c11-6-4-7(10-9(12)5-6)8-2-1-3-13-8/h1-3,7H,4-5H2,(H,10,12). The van der Waals surface area contributed by atoms with Crippen LogP contribution in [0.4, 0.5) is 0 Å². The molecule has 3 nitrogen and oxygen atoms in total. The Bertz CT molecular complexity index is 315. The first-order valence-electron chi connectivity index (χ1n) is 4.10. The summed E-state index contributed by atoms with van der Waals surface area (Å²) in [5.74, 6) is -0.128. The number of carbonyl (C=O) groups is 2. The SMILES string of the molecule is O=C1CC(=O)NC(c2cccs2)C1. The first-order valence-corrected chi connectivity index (χ1v) is 4.98. The maximum Gasteiger partial charge on any atom is 0.227 e. The fourth-order valence-corrected chi connectivity index (χ4v) is 2.21. The van der Waals surface area contributed by atoms with Crippen molar-refractivity contribution in [1.29, 1.82) is 0 Å². The summed E-state index contributed by atoms with van der Waals surface area (Å²) < 4.78 is 0. The molecule has 1 aliphatic heterocycles.